The normalized spacial score (nSPS) is 31.5. The molecule has 0 saturated heterocycles. The average molecular weight is 425 g/mol. The lowest BCUT2D eigenvalue weighted by molar-refractivity contribution is -0.915. The Morgan fingerprint density at radius 3 is 2.61 bits per heavy atom. The Hall–Kier alpha value is -2.97. The number of ether oxygens (including phenoxy) is 5. The molecule has 4 atom stereocenters. The first kappa shape index (κ1) is 18.8. The zero-order valence-corrected chi connectivity index (χ0v) is 17.6. The minimum Gasteiger partial charge on any atom is -0.632 e. The molecule has 0 saturated carbocycles. The number of carbonyl (C=O) groups excluding carboxylic acids is 1. The van der Waals surface area contributed by atoms with E-state index in [0.717, 1.165) is 22.3 Å². The molecule has 0 radical (unpaired) electrons. The fourth-order valence-electron chi connectivity index (χ4n) is 5.99. The minimum atomic E-state index is -0.766. The molecule has 3 heterocycles. The highest BCUT2D eigenvalue weighted by Crippen LogP contribution is 2.60. The van der Waals surface area contributed by atoms with Crippen LogP contribution in [-0.4, -0.2) is 37.4 Å². The van der Waals surface area contributed by atoms with Crippen LogP contribution in [0.3, 0.4) is 0 Å². The van der Waals surface area contributed by atoms with Crippen LogP contribution in [0.4, 0.5) is 0 Å². The first-order valence-electron chi connectivity index (χ1n) is 10.4. The number of hydroxylamine groups is 3. The van der Waals surface area contributed by atoms with Gasteiger partial charge in [0, 0.05) is 18.9 Å². The van der Waals surface area contributed by atoms with Gasteiger partial charge in [0.2, 0.25) is 13.6 Å². The van der Waals surface area contributed by atoms with Crippen LogP contribution in [0.25, 0.3) is 0 Å². The number of hydrogen-bond donors (Lipinski definition) is 0. The molecule has 3 aliphatic heterocycles. The highest BCUT2D eigenvalue weighted by molar-refractivity contribution is 5.67. The van der Waals surface area contributed by atoms with E-state index in [-0.39, 0.29) is 26.1 Å². The summed E-state index contributed by atoms with van der Waals surface area (Å²) in [6.45, 7) is 3.94. The molecule has 1 aliphatic carbocycles. The van der Waals surface area contributed by atoms with Crippen LogP contribution < -0.4 is 18.9 Å². The maximum atomic E-state index is 14.2. The monoisotopic (exact) mass is 425 g/mol. The van der Waals surface area contributed by atoms with E-state index in [4.69, 9.17) is 23.7 Å². The molecule has 6 rings (SSSR count). The van der Waals surface area contributed by atoms with Crippen LogP contribution in [0.15, 0.2) is 24.3 Å². The first-order valence-corrected chi connectivity index (χ1v) is 10.4. The quantitative estimate of drug-likeness (QED) is 0.394. The summed E-state index contributed by atoms with van der Waals surface area (Å²) < 4.78 is 27.8. The lowest BCUT2D eigenvalue weighted by atomic mass is 9.60. The number of benzene rings is 2. The maximum absolute atomic E-state index is 14.2. The van der Waals surface area contributed by atoms with Gasteiger partial charge in [-0.05, 0) is 36.2 Å². The van der Waals surface area contributed by atoms with Gasteiger partial charge < -0.3 is 33.5 Å². The highest BCUT2D eigenvalue weighted by atomic mass is 16.7. The maximum Gasteiger partial charge on any atom is 0.302 e. The predicted molar refractivity (Wildman–Crippen MR) is 108 cm³/mol. The molecule has 8 heteroatoms. The van der Waals surface area contributed by atoms with E-state index < -0.39 is 22.2 Å². The Bertz CT molecular complexity index is 1130. The third-order valence-electron chi connectivity index (χ3n) is 7.12. The van der Waals surface area contributed by atoms with Crippen molar-refractivity contribution in [1.82, 2.24) is 0 Å². The SMILES string of the molecule is CC(=O)O[C@H]1Cc2cc3c(cc2[C@H]2[C@@]1(C)c1ccc4c(c1C[N@@+]2(C)[O-])OCO4)OCO3. The number of carbonyl (C=O) groups is 1. The van der Waals surface area contributed by atoms with Gasteiger partial charge >= 0.3 is 5.97 Å². The van der Waals surface area contributed by atoms with Crippen molar-refractivity contribution in [2.45, 2.75) is 44.4 Å². The molecule has 2 aromatic rings. The fourth-order valence-corrected chi connectivity index (χ4v) is 5.99. The second kappa shape index (κ2) is 6.05. The van der Waals surface area contributed by atoms with Gasteiger partial charge in [0.05, 0.1) is 18.0 Å². The van der Waals surface area contributed by atoms with Gasteiger partial charge in [-0.1, -0.05) is 6.07 Å². The van der Waals surface area contributed by atoms with Gasteiger partial charge in [-0.2, -0.15) is 0 Å². The second-order valence-corrected chi connectivity index (χ2v) is 9.05. The second-order valence-electron chi connectivity index (χ2n) is 9.05. The van der Waals surface area contributed by atoms with Gasteiger partial charge in [-0.3, -0.25) is 4.79 Å². The number of quaternary nitrogens is 1. The van der Waals surface area contributed by atoms with E-state index in [1.165, 1.54) is 6.92 Å². The third kappa shape index (κ3) is 2.46. The predicted octanol–water partition coefficient (Wildman–Crippen LogP) is 3.09. The Kier molecular flexibility index (Phi) is 3.66. The number of fused-ring (bicyclic) bond motifs is 8. The number of rotatable bonds is 1. The van der Waals surface area contributed by atoms with Crippen molar-refractivity contribution in [2.24, 2.45) is 0 Å². The molecule has 2 aromatic carbocycles. The summed E-state index contributed by atoms with van der Waals surface area (Å²) in [7, 11) is 1.67. The zero-order valence-electron chi connectivity index (χ0n) is 17.6. The van der Waals surface area contributed by atoms with Gasteiger partial charge in [-0.15, -0.1) is 0 Å². The van der Waals surface area contributed by atoms with Crippen molar-refractivity contribution in [3.8, 4) is 23.0 Å². The van der Waals surface area contributed by atoms with E-state index in [1.54, 1.807) is 7.05 Å². The van der Waals surface area contributed by atoms with Crippen molar-refractivity contribution in [3.05, 3.63) is 51.7 Å². The molecular formula is C23H23NO7. The first-order chi connectivity index (χ1) is 14.8. The summed E-state index contributed by atoms with van der Waals surface area (Å²) in [5.74, 6) is 2.19. The molecule has 0 bridgehead atoms. The van der Waals surface area contributed by atoms with Gasteiger partial charge in [0.25, 0.3) is 0 Å². The summed E-state index contributed by atoms with van der Waals surface area (Å²) in [4.78, 5) is 12.1. The molecular weight excluding hydrogens is 402 g/mol. The zero-order chi connectivity index (χ0) is 21.5. The van der Waals surface area contributed by atoms with Gasteiger partial charge in [0.1, 0.15) is 18.7 Å². The lowest BCUT2D eigenvalue weighted by Crippen LogP contribution is -2.61. The van der Waals surface area contributed by atoms with Crippen molar-refractivity contribution in [1.29, 1.82) is 0 Å². The summed E-state index contributed by atoms with van der Waals surface area (Å²) in [6.07, 6.45) is -0.0411. The molecule has 0 amide bonds. The Labute approximate surface area is 179 Å². The van der Waals surface area contributed by atoms with Crippen LogP contribution in [-0.2, 0) is 27.9 Å². The van der Waals surface area contributed by atoms with Gasteiger partial charge in [0.15, 0.2) is 23.0 Å². The van der Waals surface area contributed by atoms with Crippen molar-refractivity contribution < 1.29 is 33.1 Å². The molecule has 31 heavy (non-hydrogen) atoms. The van der Waals surface area contributed by atoms with Crippen molar-refractivity contribution in [2.75, 3.05) is 20.6 Å². The standard InChI is InChI=1S/C23H23NO7/c1-12(25)31-20-7-13-6-18-19(29-10-28-18)8-14(13)22-23(20,2)16-4-5-17-21(30-11-27-17)15(16)9-24(22,3)26/h4-6,8,20,22H,7,9-11H2,1-3H3/t20-,22-,23-,24+/m0/s1. The van der Waals surface area contributed by atoms with Crippen LogP contribution >= 0.6 is 0 Å². The smallest absolute Gasteiger partial charge is 0.302 e. The number of likely N-dealkylation sites (N-methyl/N-ethyl adjacent to an activating group) is 1. The average Bonchev–Trinajstić information content (AvgIpc) is 3.34. The largest absolute Gasteiger partial charge is 0.632 e. The van der Waals surface area contributed by atoms with Crippen molar-refractivity contribution in [3.63, 3.8) is 0 Å². The van der Waals surface area contributed by atoms with E-state index in [0.29, 0.717) is 29.4 Å². The summed E-state index contributed by atoms with van der Waals surface area (Å²) in [5, 5.41) is 14.2. The number of esters is 1. The molecule has 0 aromatic heterocycles. The molecule has 4 aliphatic rings. The Morgan fingerprint density at radius 1 is 1.13 bits per heavy atom. The van der Waals surface area contributed by atoms with Crippen LogP contribution in [0.1, 0.15) is 42.1 Å². The van der Waals surface area contributed by atoms with E-state index in [9.17, 15) is 10.0 Å². The molecule has 0 unspecified atom stereocenters. The van der Waals surface area contributed by atoms with E-state index in [1.807, 2.05) is 31.2 Å². The highest BCUT2D eigenvalue weighted by Gasteiger charge is 2.60. The molecule has 0 fully saturated rings. The van der Waals surface area contributed by atoms with Crippen LogP contribution in [0.2, 0.25) is 0 Å². The van der Waals surface area contributed by atoms with Crippen molar-refractivity contribution >= 4 is 5.97 Å². The molecule has 0 spiro atoms. The van der Waals surface area contributed by atoms with E-state index in [2.05, 4.69) is 0 Å². The third-order valence-corrected chi connectivity index (χ3v) is 7.12. The van der Waals surface area contributed by atoms with Crippen LogP contribution in [0, 0.1) is 5.21 Å². The lowest BCUT2D eigenvalue weighted by Gasteiger charge is -2.60. The fraction of sp³-hybridized carbons (Fsp3) is 0.435. The minimum absolute atomic E-state index is 0.133. The molecule has 162 valence electrons. The van der Waals surface area contributed by atoms with Gasteiger partial charge in [-0.25, -0.2) is 0 Å². The topological polar surface area (TPSA) is 86.3 Å². The van der Waals surface area contributed by atoms with Crippen LogP contribution in [0.5, 0.6) is 23.0 Å². The molecule has 8 nitrogen and oxygen atoms in total. The number of hydrogen-bond acceptors (Lipinski definition) is 7. The Balaban J connectivity index is 1.62. The number of nitrogens with zero attached hydrogens (tertiary/aromatic N) is 1. The molecule has 0 N–H and O–H groups in total. The summed E-state index contributed by atoms with van der Waals surface area (Å²) >= 11 is 0. The van der Waals surface area contributed by atoms with E-state index >= 15 is 0 Å². The summed E-state index contributed by atoms with van der Waals surface area (Å²) in [6, 6.07) is 7.22. The summed E-state index contributed by atoms with van der Waals surface area (Å²) in [5.41, 5.74) is 2.88. The Morgan fingerprint density at radius 2 is 1.84 bits per heavy atom.